The third kappa shape index (κ3) is 2.88. The highest BCUT2D eigenvalue weighted by molar-refractivity contribution is 5.05. The summed E-state index contributed by atoms with van der Waals surface area (Å²) in [7, 11) is 0. The van der Waals surface area contributed by atoms with Gasteiger partial charge in [-0.1, -0.05) is 19.8 Å². The third-order valence-electron chi connectivity index (χ3n) is 5.90. The highest BCUT2D eigenvalue weighted by Crippen LogP contribution is 2.38. The maximum Gasteiger partial charge on any atom is 0.105 e. The monoisotopic (exact) mass is 290 g/mol. The van der Waals surface area contributed by atoms with E-state index in [4.69, 9.17) is 0 Å². The van der Waals surface area contributed by atoms with Crippen molar-refractivity contribution in [3.05, 3.63) is 18.2 Å². The molecule has 2 fully saturated rings. The highest BCUT2D eigenvalue weighted by atomic mass is 15.3. The van der Waals surface area contributed by atoms with Crippen molar-refractivity contribution in [2.45, 2.75) is 70.5 Å². The number of nitrogens with zero attached hydrogens (tertiary/aromatic N) is 3. The van der Waals surface area contributed by atoms with E-state index in [1.807, 2.05) is 6.20 Å². The van der Waals surface area contributed by atoms with E-state index in [0.29, 0.717) is 5.54 Å². The smallest absolute Gasteiger partial charge is 0.105 e. The van der Waals surface area contributed by atoms with Gasteiger partial charge in [-0.05, 0) is 33.1 Å². The van der Waals surface area contributed by atoms with Crippen molar-refractivity contribution in [1.29, 1.82) is 0 Å². The van der Waals surface area contributed by atoms with Crippen LogP contribution in [0.3, 0.4) is 0 Å². The molecular weight excluding hydrogens is 260 g/mol. The van der Waals surface area contributed by atoms with Gasteiger partial charge in [0, 0.05) is 49.7 Å². The van der Waals surface area contributed by atoms with Gasteiger partial charge in [0.15, 0.2) is 0 Å². The maximum atomic E-state index is 4.35. The molecule has 0 aromatic carbocycles. The summed E-state index contributed by atoms with van der Waals surface area (Å²) < 4.78 is 2.29. The Morgan fingerprint density at radius 1 is 1.29 bits per heavy atom. The molecule has 0 bridgehead atoms. The second-order valence-electron chi connectivity index (χ2n) is 7.29. The molecular formula is C17H30N4. The Kier molecular flexibility index (Phi) is 4.10. The van der Waals surface area contributed by atoms with Crippen LogP contribution in [0.4, 0.5) is 0 Å². The van der Waals surface area contributed by atoms with Crippen LogP contribution in [0.2, 0.25) is 0 Å². The van der Waals surface area contributed by atoms with Crippen LogP contribution in [0.1, 0.15) is 51.8 Å². The van der Waals surface area contributed by atoms with Gasteiger partial charge < -0.3 is 9.88 Å². The van der Waals surface area contributed by atoms with Gasteiger partial charge in [-0.25, -0.2) is 4.98 Å². The van der Waals surface area contributed by atoms with Crippen molar-refractivity contribution >= 4 is 0 Å². The molecule has 1 aliphatic carbocycles. The summed E-state index contributed by atoms with van der Waals surface area (Å²) in [6, 6.07) is 0. The van der Waals surface area contributed by atoms with Gasteiger partial charge in [0.1, 0.15) is 5.82 Å². The number of nitrogens with one attached hydrogen (secondary N) is 1. The molecule has 4 heteroatoms. The first-order valence-corrected chi connectivity index (χ1v) is 8.55. The Hall–Kier alpha value is -0.870. The molecule has 1 spiro atoms. The van der Waals surface area contributed by atoms with Gasteiger partial charge in [-0.3, -0.25) is 4.90 Å². The molecule has 1 saturated carbocycles. The topological polar surface area (TPSA) is 33.1 Å². The van der Waals surface area contributed by atoms with E-state index in [9.17, 15) is 0 Å². The molecule has 1 aromatic rings. The van der Waals surface area contributed by atoms with E-state index in [1.165, 1.54) is 45.2 Å². The van der Waals surface area contributed by atoms with E-state index in [2.05, 4.69) is 46.7 Å². The molecule has 1 aliphatic heterocycles. The van der Waals surface area contributed by atoms with Crippen molar-refractivity contribution in [3.63, 3.8) is 0 Å². The van der Waals surface area contributed by atoms with E-state index in [1.54, 1.807) is 0 Å². The molecule has 0 amide bonds. The first-order valence-electron chi connectivity index (χ1n) is 8.55. The summed E-state index contributed by atoms with van der Waals surface area (Å²) in [5.41, 5.74) is 0.695. The predicted molar refractivity (Wildman–Crippen MR) is 86.4 cm³/mol. The molecule has 1 atom stereocenters. The molecule has 1 unspecified atom stereocenters. The van der Waals surface area contributed by atoms with Gasteiger partial charge in [-0.2, -0.15) is 0 Å². The Morgan fingerprint density at radius 2 is 2.05 bits per heavy atom. The molecule has 1 saturated heterocycles. The van der Waals surface area contributed by atoms with E-state index in [0.717, 1.165) is 18.9 Å². The van der Waals surface area contributed by atoms with Crippen molar-refractivity contribution in [2.75, 3.05) is 19.6 Å². The fourth-order valence-electron chi connectivity index (χ4n) is 4.08. The fraction of sp³-hybridized carbons (Fsp3) is 0.824. The van der Waals surface area contributed by atoms with Gasteiger partial charge >= 0.3 is 0 Å². The Morgan fingerprint density at radius 3 is 2.67 bits per heavy atom. The van der Waals surface area contributed by atoms with Crippen molar-refractivity contribution in [2.24, 2.45) is 0 Å². The second-order valence-corrected chi connectivity index (χ2v) is 7.29. The van der Waals surface area contributed by atoms with Crippen molar-refractivity contribution in [3.8, 4) is 0 Å². The lowest BCUT2D eigenvalue weighted by atomic mass is 9.85. The Bertz CT molecular complexity index is 475. The lowest BCUT2D eigenvalue weighted by molar-refractivity contribution is 0.00941. The summed E-state index contributed by atoms with van der Waals surface area (Å²) in [5.74, 6) is 1.13. The fourth-order valence-corrected chi connectivity index (χ4v) is 4.08. The zero-order chi connectivity index (χ0) is 14.9. The molecule has 0 radical (unpaired) electrons. The van der Waals surface area contributed by atoms with Gasteiger partial charge in [0.25, 0.3) is 0 Å². The molecule has 1 aromatic heterocycles. The summed E-state index contributed by atoms with van der Waals surface area (Å²) in [6.45, 7) is 11.3. The molecule has 1 N–H and O–H groups in total. The second kappa shape index (κ2) is 5.73. The standard InChI is InChI=1S/C17H30N4/c1-4-16(3)14-21(12-11-20-10-9-18-15(20)2)17(13-19-16)7-5-6-8-17/h9-10,19H,4-8,11-14H2,1-3H3. The van der Waals surface area contributed by atoms with Gasteiger partial charge in [0.05, 0.1) is 0 Å². The lowest BCUT2D eigenvalue weighted by Crippen LogP contribution is -2.68. The van der Waals surface area contributed by atoms with Crippen LogP contribution in [0, 0.1) is 6.92 Å². The molecule has 3 rings (SSSR count). The number of hydrogen-bond acceptors (Lipinski definition) is 3. The SMILES string of the molecule is CCC1(C)CN(CCn2ccnc2C)C2(CCCC2)CN1. The number of aromatic nitrogens is 2. The summed E-state index contributed by atoms with van der Waals surface area (Å²) in [4.78, 5) is 7.14. The molecule has 21 heavy (non-hydrogen) atoms. The first kappa shape index (κ1) is 15.0. The van der Waals surface area contributed by atoms with E-state index in [-0.39, 0.29) is 5.54 Å². The van der Waals surface area contributed by atoms with Crippen LogP contribution >= 0.6 is 0 Å². The molecule has 118 valence electrons. The summed E-state index contributed by atoms with van der Waals surface area (Å²) >= 11 is 0. The number of imidazole rings is 1. The molecule has 2 aliphatic rings. The number of aryl methyl sites for hydroxylation is 1. The Labute approximate surface area is 128 Å². The minimum absolute atomic E-state index is 0.276. The maximum absolute atomic E-state index is 4.35. The molecule has 2 heterocycles. The quantitative estimate of drug-likeness (QED) is 0.925. The summed E-state index contributed by atoms with van der Waals surface area (Å²) in [5, 5.41) is 3.85. The minimum atomic E-state index is 0.276. The average Bonchev–Trinajstić information content (AvgIpc) is 3.11. The van der Waals surface area contributed by atoms with E-state index >= 15 is 0 Å². The van der Waals surface area contributed by atoms with Crippen LogP contribution in [0.15, 0.2) is 12.4 Å². The van der Waals surface area contributed by atoms with Crippen molar-refractivity contribution < 1.29 is 0 Å². The van der Waals surface area contributed by atoms with Crippen LogP contribution in [-0.2, 0) is 6.54 Å². The van der Waals surface area contributed by atoms with Crippen LogP contribution < -0.4 is 5.32 Å². The summed E-state index contributed by atoms with van der Waals surface area (Å²) in [6.07, 6.45) is 10.7. The van der Waals surface area contributed by atoms with Crippen molar-refractivity contribution in [1.82, 2.24) is 19.8 Å². The Balaban J connectivity index is 1.72. The normalized spacial score (nSPS) is 29.3. The lowest BCUT2D eigenvalue weighted by Gasteiger charge is -2.52. The average molecular weight is 290 g/mol. The largest absolute Gasteiger partial charge is 0.334 e. The number of piperazine rings is 1. The first-order chi connectivity index (χ1) is 10.1. The van der Waals surface area contributed by atoms with Crippen LogP contribution in [-0.4, -0.2) is 45.2 Å². The number of hydrogen-bond donors (Lipinski definition) is 1. The van der Waals surface area contributed by atoms with Crippen LogP contribution in [0.25, 0.3) is 0 Å². The zero-order valence-corrected chi connectivity index (χ0v) is 13.9. The van der Waals surface area contributed by atoms with Crippen LogP contribution in [0.5, 0.6) is 0 Å². The third-order valence-corrected chi connectivity index (χ3v) is 5.90. The van der Waals surface area contributed by atoms with Gasteiger partial charge in [-0.15, -0.1) is 0 Å². The van der Waals surface area contributed by atoms with E-state index < -0.39 is 0 Å². The van der Waals surface area contributed by atoms with Gasteiger partial charge in [0.2, 0.25) is 0 Å². The minimum Gasteiger partial charge on any atom is -0.334 e. The predicted octanol–water partition coefficient (Wildman–Crippen LogP) is 2.58. The number of rotatable bonds is 4. The zero-order valence-electron chi connectivity index (χ0n) is 13.9. The highest BCUT2D eigenvalue weighted by Gasteiger charge is 2.46. The molecule has 4 nitrogen and oxygen atoms in total.